The standard InChI is InChI=1S/C25H39NO5/c1-7-20-17-21(30-22(20)27)13-14-25(5,6)15-16-26(23(28)31-24(2,3)4)29-18-19-11-9-8-10-12-19/h8-12,20-21H,7,13-18H2,1-6H3. The molecule has 1 aliphatic rings. The maximum Gasteiger partial charge on any atom is 0.434 e. The van der Waals surface area contributed by atoms with Crippen LogP contribution >= 0.6 is 0 Å². The fraction of sp³-hybridized carbons (Fsp3) is 0.680. The van der Waals surface area contributed by atoms with E-state index in [1.165, 1.54) is 5.06 Å². The van der Waals surface area contributed by atoms with E-state index in [2.05, 4.69) is 13.8 Å². The number of amides is 1. The Morgan fingerprint density at radius 1 is 1.13 bits per heavy atom. The average molecular weight is 434 g/mol. The van der Waals surface area contributed by atoms with Gasteiger partial charge in [-0.05, 0) is 63.9 Å². The van der Waals surface area contributed by atoms with E-state index in [1.54, 1.807) is 0 Å². The second-order valence-electron chi connectivity index (χ2n) is 10.2. The molecule has 6 nitrogen and oxygen atoms in total. The number of rotatable bonds is 10. The van der Waals surface area contributed by atoms with E-state index in [4.69, 9.17) is 14.3 Å². The molecule has 1 aliphatic heterocycles. The Morgan fingerprint density at radius 3 is 2.39 bits per heavy atom. The summed E-state index contributed by atoms with van der Waals surface area (Å²) in [5, 5.41) is 1.34. The number of cyclic esters (lactones) is 1. The van der Waals surface area contributed by atoms with E-state index < -0.39 is 11.7 Å². The SMILES string of the molecule is CCC1CC(CCC(C)(C)CCN(OCc2ccccc2)C(=O)OC(C)(C)C)OC1=O. The number of hydrogen-bond donors (Lipinski definition) is 0. The molecule has 1 saturated heterocycles. The molecule has 174 valence electrons. The lowest BCUT2D eigenvalue weighted by Crippen LogP contribution is -2.38. The van der Waals surface area contributed by atoms with Crippen LogP contribution in [-0.2, 0) is 25.7 Å². The zero-order chi connectivity index (χ0) is 23.1. The molecular formula is C25H39NO5. The van der Waals surface area contributed by atoms with Gasteiger partial charge in [0.05, 0.1) is 12.5 Å². The van der Waals surface area contributed by atoms with Gasteiger partial charge in [0, 0.05) is 0 Å². The predicted molar refractivity (Wildman–Crippen MR) is 120 cm³/mol. The summed E-state index contributed by atoms with van der Waals surface area (Å²) < 4.78 is 11.1. The normalized spacial score (nSPS) is 19.2. The largest absolute Gasteiger partial charge is 0.462 e. The van der Waals surface area contributed by atoms with Gasteiger partial charge in [0.2, 0.25) is 0 Å². The zero-order valence-corrected chi connectivity index (χ0v) is 20.0. The van der Waals surface area contributed by atoms with Crippen molar-refractivity contribution in [1.29, 1.82) is 0 Å². The highest BCUT2D eigenvalue weighted by Gasteiger charge is 2.34. The third-order valence-corrected chi connectivity index (χ3v) is 5.62. The quantitative estimate of drug-likeness (QED) is 0.340. The number of hydroxylamine groups is 2. The molecule has 0 aromatic heterocycles. The number of benzene rings is 1. The molecule has 31 heavy (non-hydrogen) atoms. The fourth-order valence-electron chi connectivity index (χ4n) is 3.56. The van der Waals surface area contributed by atoms with Crippen LogP contribution in [0.4, 0.5) is 4.79 Å². The van der Waals surface area contributed by atoms with Crippen molar-refractivity contribution in [3.05, 3.63) is 35.9 Å². The Balaban J connectivity index is 1.90. The summed E-state index contributed by atoms with van der Waals surface area (Å²) in [4.78, 5) is 30.4. The van der Waals surface area contributed by atoms with Crippen molar-refractivity contribution in [2.45, 2.75) is 92.0 Å². The highest BCUT2D eigenvalue weighted by atomic mass is 16.7. The molecule has 0 N–H and O–H groups in total. The van der Waals surface area contributed by atoms with Crippen LogP contribution in [0, 0.1) is 11.3 Å². The topological polar surface area (TPSA) is 65.1 Å². The van der Waals surface area contributed by atoms with Gasteiger partial charge in [-0.3, -0.25) is 9.63 Å². The van der Waals surface area contributed by atoms with E-state index >= 15 is 0 Å². The molecule has 2 atom stereocenters. The molecule has 1 aromatic carbocycles. The highest BCUT2D eigenvalue weighted by Crippen LogP contribution is 2.33. The molecule has 2 rings (SSSR count). The Kier molecular flexibility index (Phi) is 8.92. The minimum absolute atomic E-state index is 0.00742. The molecule has 0 radical (unpaired) electrons. The summed E-state index contributed by atoms with van der Waals surface area (Å²) in [6.45, 7) is 12.6. The summed E-state index contributed by atoms with van der Waals surface area (Å²) in [7, 11) is 0. The summed E-state index contributed by atoms with van der Waals surface area (Å²) >= 11 is 0. The van der Waals surface area contributed by atoms with Crippen LogP contribution < -0.4 is 0 Å². The minimum Gasteiger partial charge on any atom is -0.462 e. The molecule has 0 bridgehead atoms. The zero-order valence-electron chi connectivity index (χ0n) is 20.0. The van der Waals surface area contributed by atoms with E-state index in [1.807, 2.05) is 58.0 Å². The third kappa shape index (κ3) is 8.90. The summed E-state index contributed by atoms with van der Waals surface area (Å²) in [6, 6.07) is 9.76. The highest BCUT2D eigenvalue weighted by molar-refractivity contribution is 5.74. The molecule has 0 saturated carbocycles. The first kappa shape index (κ1) is 25.2. The first-order valence-corrected chi connectivity index (χ1v) is 11.4. The summed E-state index contributed by atoms with van der Waals surface area (Å²) in [5.41, 5.74) is 0.361. The van der Waals surface area contributed by atoms with E-state index in [0.717, 1.165) is 37.7 Å². The smallest absolute Gasteiger partial charge is 0.434 e. The first-order valence-electron chi connectivity index (χ1n) is 11.4. The summed E-state index contributed by atoms with van der Waals surface area (Å²) in [6.07, 6.45) is 3.67. The lowest BCUT2D eigenvalue weighted by Gasteiger charge is -2.31. The maximum atomic E-state index is 12.7. The van der Waals surface area contributed by atoms with E-state index in [-0.39, 0.29) is 23.4 Å². The van der Waals surface area contributed by atoms with Crippen LogP contribution in [0.1, 0.15) is 79.2 Å². The number of hydrogen-bond acceptors (Lipinski definition) is 5. The number of esters is 1. The van der Waals surface area contributed by atoms with Crippen LogP contribution in [0.2, 0.25) is 0 Å². The van der Waals surface area contributed by atoms with Crippen LogP contribution in [0.5, 0.6) is 0 Å². The molecule has 1 amide bonds. The molecule has 1 heterocycles. The van der Waals surface area contributed by atoms with Crippen molar-refractivity contribution in [2.75, 3.05) is 6.54 Å². The third-order valence-electron chi connectivity index (χ3n) is 5.62. The molecular weight excluding hydrogens is 394 g/mol. The molecule has 2 unspecified atom stereocenters. The van der Waals surface area contributed by atoms with Gasteiger partial charge in [-0.25, -0.2) is 4.79 Å². The van der Waals surface area contributed by atoms with Gasteiger partial charge in [0.1, 0.15) is 18.3 Å². The van der Waals surface area contributed by atoms with Crippen LogP contribution in [0.25, 0.3) is 0 Å². The lowest BCUT2D eigenvalue weighted by atomic mass is 9.83. The second kappa shape index (κ2) is 11.0. The van der Waals surface area contributed by atoms with Crippen molar-refractivity contribution < 1.29 is 23.9 Å². The second-order valence-corrected chi connectivity index (χ2v) is 10.2. The van der Waals surface area contributed by atoms with Crippen molar-refractivity contribution in [3.8, 4) is 0 Å². The monoisotopic (exact) mass is 433 g/mol. The van der Waals surface area contributed by atoms with Gasteiger partial charge < -0.3 is 9.47 Å². The number of ether oxygens (including phenoxy) is 2. The van der Waals surface area contributed by atoms with Crippen LogP contribution in [0.3, 0.4) is 0 Å². The van der Waals surface area contributed by atoms with Gasteiger partial charge in [0.15, 0.2) is 0 Å². The van der Waals surface area contributed by atoms with Crippen LogP contribution in [0.15, 0.2) is 30.3 Å². The van der Waals surface area contributed by atoms with Crippen molar-refractivity contribution in [3.63, 3.8) is 0 Å². The Bertz CT molecular complexity index is 710. The molecule has 1 fully saturated rings. The van der Waals surface area contributed by atoms with Gasteiger partial charge in [0.25, 0.3) is 0 Å². The molecule has 1 aromatic rings. The fourth-order valence-corrected chi connectivity index (χ4v) is 3.56. The molecule has 0 aliphatic carbocycles. The van der Waals surface area contributed by atoms with Gasteiger partial charge in [-0.1, -0.05) is 51.1 Å². The van der Waals surface area contributed by atoms with E-state index in [0.29, 0.717) is 13.2 Å². The van der Waals surface area contributed by atoms with Crippen molar-refractivity contribution in [2.24, 2.45) is 11.3 Å². The number of nitrogens with zero attached hydrogens (tertiary/aromatic N) is 1. The number of carbonyl (C=O) groups excluding carboxylic acids is 2. The lowest BCUT2D eigenvalue weighted by molar-refractivity contribution is -0.159. The first-order chi connectivity index (χ1) is 14.5. The maximum absolute atomic E-state index is 12.7. The molecule has 0 spiro atoms. The van der Waals surface area contributed by atoms with Gasteiger partial charge in [-0.2, -0.15) is 5.06 Å². The van der Waals surface area contributed by atoms with Crippen molar-refractivity contribution >= 4 is 12.1 Å². The number of carbonyl (C=O) groups is 2. The Morgan fingerprint density at radius 2 is 1.81 bits per heavy atom. The van der Waals surface area contributed by atoms with Gasteiger partial charge in [-0.15, -0.1) is 0 Å². The Labute approximate surface area is 187 Å². The minimum atomic E-state index is -0.594. The molecule has 6 heteroatoms. The van der Waals surface area contributed by atoms with Crippen LogP contribution in [-0.4, -0.2) is 35.4 Å². The summed E-state index contributed by atoms with van der Waals surface area (Å²) in [5.74, 6) is -0.0159. The average Bonchev–Trinajstić information content (AvgIpc) is 3.05. The van der Waals surface area contributed by atoms with Crippen molar-refractivity contribution in [1.82, 2.24) is 5.06 Å². The predicted octanol–water partition coefficient (Wildman–Crippen LogP) is 5.89. The van der Waals surface area contributed by atoms with Gasteiger partial charge >= 0.3 is 12.1 Å². The Hall–Kier alpha value is -2.08. The van der Waals surface area contributed by atoms with E-state index in [9.17, 15) is 9.59 Å².